The minimum absolute atomic E-state index is 0.106. The Bertz CT molecular complexity index is 417. The molecular formula is C8H9NO3S. The zero-order valence-corrected chi connectivity index (χ0v) is 7.73. The van der Waals surface area contributed by atoms with Crippen molar-refractivity contribution in [3.63, 3.8) is 0 Å². The summed E-state index contributed by atoms with van der Waals surface area (Å²) in [6.07, 6.45) is 4.75. The molecule has 1 fully saturated rings. The number of sulfonamides is 1. The molecule has 4 nitrogen and oxygen atoms in total. The highest BCUT2D eigenvalue weighted by molar-refractivity contribution is 7.93. The van der Waals surface area contributed by atoms with Gasteiger partial charge in [0, 0.05) is 5.57 Å². The third-order valence-electron chi connectivity index (χ3n) is 2.12. The maximum Gasteiger partial charge on any atom is 0.241 e. The highest BCUT2D eigenvalue weighted by Gasteiger charge is 2.32. The van der Waals surface area contributed by atoms with Crippen molar-refractivity contribution in [2.24, 2.45) is 0 Å². The van der Waals surface area contributed by atoms with Crippen LogP contribution in [0.15, 0.2) is 22.6 Å². The molecule has 13 heavy (non-hydrogen) atoms. The Balaban J connectivity index is 2.54. The molecule has 0 atom stereocenters. The van der Waals surface area contributed by atoms with E-state index in [4.69, 9.17) is 0 Å². The summed E-state index contributed by atoms with van der Waals surface area (Å²) in [5.74, 6) is -0.138. The van der Waals surface area contributed by atoms with Gasteiger partial charge in [-0.2, -0.15) is 0 Å². The summed E-state index contributed by atoms with van der Waals surface area (Å²) < 4.78 is 25.0. The van der Waals surface area contributed by atoms with Crippen LogP contribution >= 0.6 is 0 Å². The number of hydrogen-bond donors (Lipinski definition) is 1. The van der Waals surface area contributed by atoms with Crippen molar-refractivity contribution < 1.29 is 13.2 Å². The highest BCUT2D eigenvalue weighted by Crippen LogP contribution is 2.26. The molecule has 2 rings (SSSR count). The zero-order valence-electron chi connectivity index (χ0n) is 6.91. The molecule has 1 N–H and O–H groups in total. The van der Waals surface area contributed by atoms with Gasteiger partial charge in [0.15, 0.2) is 5.78 Å². The summed E-state index contributed by atoms with van der Waals surface area (Å²) in [4.78, 5) is 11.4. The van der Waals surface area contributed by atoms with Crippen LogP contribution in [-0.2, 0) is 14.8 Å². The predicted octanol–water partition coefficient (Wildman–Crippen LogP) is 0.0926. The number of rotatable bonds is 0. The molecule has 70 valence electrons. The molecule has 0 aromatic rings. The molecule has 1 saturated heterocycles. The fourth-order valence-corrected chi connectivity index (χ4v) is 2.79. The molecule has 0 aromatic carbocycles. The first-order valence-electron chi connectivity index (χ1n) is 4.05. The summed E-state index contributed by atoms with van der Waals surface area (Å²) in [6, 6.07) is 0. The molecule has 0 amide bonds. The lowest BCUT2D eigenvalue weighted by Crippen LogP contribution is -2.39. The third kappa shape index (κ3) is 1.34. The predicted molar refractivity (Wildman–Crippen MR) is 47.3 cm³/mol. The first-order valence-corrected chi connectivity index (χ1v) is 5.53. The van der Waals surface area contributed by atoms with Gasteiger partial charge in [-0.15, -0.1) is 0 Å². The Morgan fingerprint density at radius 1 is 1.23 bits per heavy atom. The molecule has 0 aromatic heterocycles. The van der Waals surface area contributed by atoms with E-state index >= 15 is 0 Å². The van der Waals surface area contributed by atoms with E-state index in [0.29, 0.717) is 12.0 Å². The Labute approximate surface area is 76.4 Å². The number of allylic oxidation sites excluding steroid dienone is 3. The van der Waals surface area contributed by atoms with Crippen molar-refractivity contribution >= 4 is 15.8 Å². The van der Waals surface area contributed by atoms with E-state index in [2.05, 4.69) is 4.72 Å². The van der Waals surface area contributed by atoms with E-state index in [1.807, 2.05) is 0 Å². The van der Waals surface area contributed by atoms with Crippen LogP contribution in [0.3, 0.4) is 0 Å². The minimum Gasteiger partial charge on any atom is -0.293 e. The van der Waals surface area contributed by atoms with Crippen LogP contribution in [0.5, 0.6) is 0 Å². The number of carbonyl (C=O) groups is 1. The summed E-state index contributed by atoms with van der Waals surface area (Å²) >= 11 is 0. The van der Waals surface area contributed by atoms with Crippen molar-refractivity contribution in [2.75, 3.05) is 6.54 Å². The van der Waals surface area contributed by atoms with E-state index in [1.165, 1.54) is 0 Å². The standard InChI is InChI=1S/C8H9NO3S/c10-7-5-9-13(11,12)8-4-2-1-3-6(7)8/h3-4,9H,1-2,5H2. The highest BCUT2D eigenvalue weighted by atomic mass is 32.2. The molecule has 5 heteroatoms. The molecule has 2 aliphatic rings. The molecular weight excluding hydrogens is 190 g/mol. The van der Waals surface area contributed by atoms with E-state index in [0.717, 1.165) is 6.42 Å². The van der Waals surface area contributed by atoms with Gasteiger partial charge in [-0.05, 0) is 12.8 Å². The Morgan fingerprint density at radius 3 is 2.62 bits per heavy atom. The van der Waals surface area contributed by atoms with Crippen LogP contribution in [0, 0.1) is 0 Å². The van der Waals surface area contributed by atoms with Crippen LogP contribution in [-0.4, -0.2) is 20.7 Å². The number of hydrogen-bond acceptors (Lipinski definition) is 3. The van der Waals surface area contributed by atoms with Crippen molar-refractivity contribution in [3.05, 3.63) is 22.6 Å². The first kappa shape index (κ1) is 8.65. The van der Waals surface area contributed by atoms with Gasteiger partial charge in [0.25, 0.3) is 0 Å². The second-order valence-electron chi connectivity index (χ2n) is 3.01. The van der Waals surface area contributed by atoms with Crippen molar-refractivity contribution in [1.29, 1.82) is 0 Å². The topological polar surface area (TPSA) is 63.2 Å². The number of ketones is 1. The summed E-state index contributed by atoms with van der Waals surface area (Å²) in [6.45, 7) is -0.106. The van der Waals surface area contributed by atoms with E-state index in [1.54, 1.807) is 12.2 Å². The smallest absolute Gasteiger partial charge is 0.241 e. The van der Waals surface area contributed by atoms with Crippen LogP contribution in [0.1, 0.15) is 12.8 Å². The molecule has 0 radical (unpaired) electrons. The van der Waals surface area contributed by atoms with Crippen LogP contribution < -0.4 is 4.72 Å². The molecule has 1 aliphatic heterocycles. The molecule has 1 aliphatic carbocycles. The SMILES string of the molecule is O=C1CNS(=O)(=O)C2=CCCC=C12. The van der Waals surface area contributed by atoms with Crippen LogP contribution in [0.2, 0.25) is 0 Å². The number of fused-ring (bicyclic) bond motifs is 1. The van der Waals surface area contributed by atoms with Gasteiger partial charge < -0.3 is 0 Å². The van der Waals surface area contributed by atoms with E-state index < -0.39 is 10.0 Å². The molecule has 0 bridgehead atoms. The lowest BCUT2D eigenvalue weighted by Gasteiger charge is -2.20. The molecule has 0 spiro atoms. The van der Waals surface area contributed by atoms with Crippen LogP contribution in [0.4, 0.5) is 0 Å². The normalized spacial score (nSPS) is 26.0. The van der Waals surface area contributed by atoms with Crippen molar-refractivity contribution in [3.8, 4) is 0 Å². The summed E-state index contributed by atoms with van der Waals surface area (Å²) in [5, 5.41) is 0. The Morgan fingerprint density at radius 2 is 1.92 bits per heavy atom. The second kappa shape index (κ2) is 2.78. The maximum absolute atomic E-state index is 11.4. The van der Waals surface area contributed by atoms with Crippen molar-refractivity contribution in [2.45, 2.75) is 12.8 Å². The third-order valence-corrected chi connectivity index (χ3v) is 3.61. The number of Topliss-reactive ketones (excluding diaryl/α,β-unsaturated/α-hetero) is 1. The Hall–Kier alpha value is -0.940. The zero-order chi connectivity index (χ0) is 9.47. The largest absolute Gasteiger partial charge is 0.293 e. The average Bonchev–Trinajstić information content (AvgIpc) is 2.13. The van der Waals surface area contributed by atoms with E-state index in [9.17, 15) is 13.2 Å². The van der Waals surface area contributed by atoms with Gasteiger partial charge in [-0.3, -0.25) is 4.79 Å². The minimum atomic E-state index is -3.39. The fourth-order valence-electron chi connectivity index (χ4n) is 1.49. The number of nitrogens with one attached hydrogen (secondary N) is 1. The van der Waals surface area contributed by atoms with Gasteiger partial charge in [0.1, 0.15) is 0 Å². The quantitative estimate of drug-likeness (QED) is 0.601. The van der Waals surface area contributed by atoms with Gasteiger partial charge in [0.05, 0.1) is 11.4 Å². The van der Waals surface area contributed by atoms with Gasteiger partial charge in [0.2, 0.25) is 10.0 Å². The number of carbonyl (C=O) groups excluding carboxylic acids is 1. The fraction of sp³-hybridized carbons (Fsp3) is 0.375. The van der Waals surface area contributed by atoms with Gasteiger partial charge in [-0.25, -0.2) is 13.1 Å². The first-order chi connectivity index (χ1) is 6.11. The molecule has 0 unspecified atom stereocenters. The monoisotopic (exact) mass is 199 g/mol. The van der Waals surface area contributed by atoms with Crippen LogP contribution in [0.25, 0.3) is 0 Å². The average molecular weight is 199 g/mol. The van der Waals surface area contributed by atoms with Gasteiger partial charge in [-0.1, -0.05) is 12.2 Å². The summed E-state index contributed by atoms with van der Waals surface area (Å²) in [7, 11) is -3.39. The maximum atomic E-state index is 11.4. The molecule has 0 saturated carbocycles. The Kier molecular flexibility index (Phi) is 1.85. The van der Waals surface area contributed by atoms with E-state index in [-0.39, 0.29) is 17.2 Å². The van der Waals surface area contributed by atoms with Gasteiger partial charge >= 0.3 is 0 Å². The lowest BCUT2D eigenvalue weighted by atomic mass is 10.0. The molecule has 1 heterocycles. The van der Waals surface area contributed by atoms with Crippen molar-refractivity contribution in [1.82, 2.24) is 4.72 Å². The lowest BCUT2D eigenvalue weighted by molar-refractivity contribution is -0.114. The second-order valence-corrected chi connectivity index (χ2v) is 4.75. The summed E-state index contributed by atoms with van der Waals surface area (Å²) in [5.41, 5.74) is 0.366.